The number of ether oxygens (including phenoxy) is 1. The van der Waals surface area contributed by atoms with Gasteiger partial charge in [-0.2, -0.15) is 0 Å². The predicted octanol–water partition coefficient (Wildman–Crippen LogP) is 2.62. The molecule has 0 bridgehead atoms. The molecule has 0 radical (unpaired) electrons. The zero-order chi connectivity index (χ0) is 16.1. The third-order valence-corrected chi connectivity index (χ3v) is 4.18. The number of ketones is 1. The number of carbonyl (C=O) groups excluding carboxylic acids is 1. The molecule has 0 atom stereocenters. The number of nitrogens with one attached hydrogen (secondary N) is 1. The summed E-state index contributed by atoms with van der Waals surface area (Å²) in [7, 11) is 1.58. The van der Waals surface area contributed by atoms with E-state index in [1.807, 2.05) is 13.8 Å². The molecule has 0 saturated heterocycles. The molecule has 0 fully saturated rings. The number of hydrogen-bond acceptors (Lipinski definition) is 5. The second kappa shape index (κ2) is 7.26. The average Bonchev–Trinajstić information content (AvgIpc) is 2.52. The first-order valence-corrected chi connectivity index (χ1v) is 7.93. The Kier molecular flexibility index (Phi) is 5.38. The summed E-state index contributed by atoms with van der Waals surface area (Å²) in [5.41, 5.74) is 1.88. The van der Waals surface area contributed by atoms with Crippen molar-refractivity contribution in [2.45, 2.75) is 25.4 Å². The van der Waals surface area contributed by atoms with Gasteiger partial charge in [-0.15, -0.1) is 0 Å². The number of Topliss-reactive ketones (excluding diaryl/α,β-unsaturated/α-hetero) is 1. The first kappa shape index (κ1) is 16.3. The molecule has 0 aliphatic carbocycles. The molecule has 0 aliphatic heterocycles. The molecular weight excluding hydrogens is 300 g/mol. The van der Waals surface area contributed by atoms with Crippen LogP contribution in [-0.2, 0) is 6.42 Å². The third kappa shape index (κ3) is 3.76. The first-order valence-electron chi connectivity index (χ1n) is 6.95. The Hall–Kier alpha value is -2.08. The normalized spacial score (nSPS) is 10.5. The van der Waals surface area contributed by atoms with E-state index in [-0.39, 0.29) is 17.1 Å². The van der Waals surface area contributed by atoms with Crippen LogP contribution in [0.15, 0.2) is 34.2 Å². The molecule has 0 saturated carbocycles. The third-order valence-electron chi connectivity index (χ3n) is 3.31. The van der Waals surface area contributed by atoms with Crippen LogP contribution in [0.1, 0.15) is 28.5 Å². The molecule has 6 heteroatoms. The highest BCUT2D eigenvalue weighted by atomic mass is 32.2. The van der Waals surface area contributed by atoms with Gasteiger partial charge in [0.15, 0.2) is 10.9 Å². The number of aromatic amines is 1. The molecule has 5 nitrogen and oxygen atoms in total. The number of aromatic nitrogens is 2. The maximum absolute atomic E-state index is 12.1. The first-order chi connectivity index (χ1) is 10.5. The number of aryl methyl sites for hydroxylation is 1. The van der Waals surface area contributed by atoms with E-state index in [4.69, 9.17) is 4.74 Å². The molecule has 1 aromatic carbocycles. The monoisotopic (exact) mass is 318 g/mol. The Morgan fingerprint density at radius 1 is 1.32 bits per heavy atom. The summed E-state index contributed by atoms with van der Waals surface area (Å²) in [6.07, 6.45) is 0.643. The van der Waals surface area contributed by atoms with Gasteiger partial charge in [-0.1, -0.05) is 18.7 Å². The Balaban J connectivity index is 2.06. The zero-order valence-electron chi connectivity index (χ0n) is 12.8. The summed E-state index contributed by atoms with van der Waals surface area (Å²) in [6.45, 7) is 3.72. The summed E-state index contributed by atoms with van der Waals surface area (Å²) in [5, 5.41) is 0.474. The van der Waals surface area contributed by atoms with Crippen LogP contribution in [0.25, 0.3) is 0 Å². The fourth-order valence-electron chi connectivity index (χ4n) is 2.06. The van der Waals surface area contributed by atoms with E-state index < -0.39 is 0 Å². The van der Waals surface area contributed by atoms with Crippen molar-refractivity contribution in [3.63, 3.8) is 0 Å². The predicted molar refractivity (Wildman–Crippen MR) is 87.0 cm³/mol. The summed E-state index contributed by atoms with van der Waals surface area (Å²) >= 11 is 1.23. The van der Waals surface area contributed by atoms with Crippen molar-refractivity contribution in [2.75, 3.05) is 12.9 Å². The number of nitrogens with zero attached hydrogens (tertiary/aromatic N) is 1. The van der Waals surface area contributed by atoms with Gasteiger partial charge in [0, 0.05) is 16.8 Å². The lowest BCUT2D eigenvalue weighted by Gasteiger charge is -2.05. The number of H-pyrrole nitrogens is 1. The SMILES string of the molecule is CCc1c(C)nc(SCC(=O)c2ccc(OC)cc2)[nH]c1=O. The van der Waals surface area contributed by atoms with Crippen LogP contribution in [0, 0.1) is 6.92 Å². The number of methoxy groups -OCH3 is 1. The number of benzene rings is 1. The fourth-order valence-corrected chi connectivity index (χ4v) is 2.86. The quantitative estimate of drug-likeness (QED) is 0.503. The summed E-state index contributed by atoms with van der Waals surface area (Å²) in [5.74, 6) is 0.911. The second-order valence-corrected chi connectivity index (χ2v) is 5.69. The summed E-state index contributed by atoms with van der Waals surface area (Å²) in [4.78, 5) is 31.0. The van der Waals surface area contributed by atoms with E-state index in [0.717, 1.165) is 0 Å². The Labute approximate surface area is 133 Å². The highest BCUT2D eigenvalue weighted by Gasteiger charge is 2.10. The second-order valence-electron chi connectivity index (χ2n) is 4.73. The highest BCUT2D eigenvalue weighted by Crippen LogP contribution is 2.17. The van der Waals surface area contributed by atoms with Gasteiger partial charge < -0.3 is 9.72 Å². The lowest BCUT2D eigenvalue weighted by atomic mass is 10.1. The summed E-state index contributed by atoms with van der Waals surface area (Å²) in [6, 6.07) is 6.95. The number of thioether (sulfide) groups is 1. The van der Waals surface area contributed by atoms with Crippen LogP contribution in [0.4, 0.5) is 0 Å². The van der Waals surface area contributed by atoms with E-state index in [0.29, 0.717) is 34.1 Å². The minimum absolute atomic E-state index is 0.0208. The topological polar surface area (TPSA) is 72.0 Å². The van der Waals surface area contributed by atoms with Gasteiger partial charge in [0.05, 0.1) is 12.9 Å². The van der Waals surface area contributed by atoms with Crippen LogP contribution in [-0.4, -0.2) is 28.6 Å². The maximum Gasteiger partial charge on any atom is 0.254 e. The molecule has 2 rings (SSSR count). The van der Waals surface area contributed by atoms with Crippen LogP contribution in [0.5, 0.6) is 5.75 Å². The van der Waals surface area contributed by atoms with E-state index in [1.54, 1.807) is 31.4 Å². The van der Waals surface area contributed by atoms with E-state index in [1.165, 1.54) is 11.8 Å². The minimum atomic E-state index is -0.130. The molecule has 0 aliphatic rings. The standard InChI is InChI=1S/C16H18N2O3S/c1-4-13-10(2)17-16(18-15(13)20)22-9-14(19)11-5-7-12(21-3)8-6-11/h5-8H,4,9H2,1-3H3,(H,17,18,20). The number of rotatable bonds is 6. The molecule has 116 valence electrons. The Bertz CT molecular complexity index is 723. The number of hydrogen-bond donors (Lipinski definition) is 1. The van der Waals surface area contributed by atoms with E-state index in [2.05, 4.69) is 9.97 Å². The van der Waals surface area contributed by atoms with Crippen LogP contribution in [0.2, 0.25) is 0 Å². The van der Waals surface area contributed by atoms with Gasteiger partial charge in [0.25, 0.3) is 5.56 Å². The maximum atomic E-state index is 12.1. The average molecular weight is 318 g/mol. The molecule has 2 aromatic rings. The van der Waals surface area contributed by atoms with Gasteiger partial charge in [0.1, 0.15) is 5.75 Å². The molecule has 22 heavy (non-hydrogen) atoms. The number of carbonyl (C=O) groups is 1. The fraction of sp³-hybridized carbons (Fsp3) is 0.312. The molecule has 0 amide bonds. The molecule has 1 aromatic heterocycles. The largest absolute Gasteiger partial charge is 0.497 e. The van der Waals surface area contributed by atoms with Gasteiger partial charge in [-0.05, 0) is 37.6 Å². The molecule has 1 N–H and O–H groups in total. The van der Waals surface area contributed by atoms with E-state index in [9.17, 15) is 9.59 Å². The summed E-state index contributed by atoms with van der Waals surface area (Å²) < 4.78 is 5.06. The Morgan fingerprint density at radius 3 is 2.55 bits per heavy atom. The highest BCUT2D eigenvalue weighted by molar-refractivity contribution is 7.99. The molecule has 1 heterocycles. The van der Waals surface area contributed by atoms with Crippen molar-refractivity contribution >= 4 is 17.5 Å². The van der Waals surface area contributed by atoms with Gasteiger partial charge >= 0.3 is 0 Å². The van der Waals surface area contributed by atoms with Gasteiger partial charge in [-0.25, -0.2) is 4.98 Å². The lowest BCUT2D eigenvalue weighted by Crippen LogP contribution is -2.17. The minimum Gasteiger partial charge on any atom is -0.497 e. The Morgan fingerprint density at radius 2 is 2.00 bits per heavy atom. The van der Waals surface area contributed by atoms with E-state index >= 15 is 0 Å². The zero-order valence-corrected chi connectivity index (χ0v) is 13.6. The van der Waals surface area contributed by atoms with Crippen molar-refractivity contribution in [1.82, 2.24) is 9.97 Å². The lowest BCUT2D eigenvalue weighted by molar-refractivity contribution is 0.102. The van der Waals surface area contributed by atoms with Crippen LogP contribution >= 0.6 is 11.8 Å². The van der Waals surface area contributed by atoms with Crippen molar-refractivity contribution in [3.05, 3.63) is 51.4 Å². The van der Waals surface area contributed by atoms with Crippen molar-refractivity contribution in [1.29, 1.82) is 0 Å². The van der Waals surface area contributed by atoms with Gasteiger partial charge in [0.2, 0.25) is 0 Å². The van der Waals surface area contributed by atoms with Crippen LogP contribution < -0.4 is 10.3 Å². The molecule has 0 unspecified atom stereocenters. The molecule has 0 spiro atoms. The van der Waals surface area contributed by atoms with Crippen molar-refractivity contribution in [3.8, 4) is 5.75 Å². The smallest absolute Gasteiger partial charge is 0.254 e. The van der Waals surface area contributed by atoms with Crippen molar-refractivity contribution < 1.29 is 9.53 Å². The van der Waals surface area contributed by atoms with Crippen molar-refractivity contribution in [2.24, 2.45) is 0 Å². The van der Waals surface area contributed by atoms with Crippen LogP contribution in [0.3, 0.4) is 0 Å². The molecular formula is C16H18N2O3S. The van der Waals surface area contributed by atoms with Gasteiger partial charge in [-0.3, -0.25) is 9.59 Å².